The lowest BCUT2D eigenvalue weighted by Gasteiger charge is -2.32. The van der Waals surface area contributed by atoms with Gasteiger partial charge in [-0.1, -0.05) is 301 Å². The predicted octanol–water partition coefficient (Wildman–Crippen LogP) is 35.1. The van der Waals surface area contributed by atoms with Crippen LogP contribution < -0.4 is 5.46 Å². The molecule has 0 aliphatic carbocycles. The van der Waals surface area contributed by atoms with Crippen LogP contribution in [0, 0.1) is 0 Å². The van der Waals surface area contributed by atoms with Gasteiger partial charge in [-0.05, 0) is 256 Å². The smallest absolute Gasteiger partial charge is 0.456 e. The molecule has 0 bridgehead atoms. The molecule has 8 nitrogen and oxygen atoms in total. The fourth-order valence-corrected chi connectivity index (χ4v) is 21.9. The topological polar surface area (TPSA) is 97.3 Å². The number of benzene rings is 22. The molecule has 1 aliphatic rings. The monoisotopic (exact) mass is 1760 g/mol. The van der Waals surface area contributed by atoms with Crippen molar-refractivity contribution in [3.8, 4) is 55.6 Å². The van der Waals surface area contributed by atoms with E-state index in [1.54, 1.807) is 0 Å². The van der Waals surface area contributed by atoms with E-state index >= 15 is 0 Å². The minimum Gasteiger partial charge on any atom is -0.456 e. The third-order valence-corrected chi connectivity index (χ3v) is 28.8. The molecule has 132 heavy (non-hydrogen) atoms. The van der Waals surface area contributed by atoms with E-state index in [9.17, 15) is 0 Å². The molecular weight excluding hydrogens is 1680 g/mol. The van der Waals surface area contributed by atoms with Gasteiger partial charge in [-0.2, -0.15) is 0 Å². The van der Waals surface area contributed by atoms with Gasteiger partial charge in [0.15, 0.2) is 0 Å². The Bertz CT molecular complexity index is 9380. The molecule has 7 heterocycles. The summed E-state index contributed by atoms with van der Waals surface area (Å²) in [7, 11) is -0.583. The van der Waals surface area contributed by atoms with Crippen molar-refractivity contribution in [2.45, 2.75) is 38.9 Å². The lowest BCUT2D eigenvalue weighted by Crippen LogP contribution is -2.41. The van der Waals surface area contributed by atoms with Crippen LogP contribution in [0.2, 0.25) is 0 Å². The molecule has 0 N–H and O–H groups in total. The normalized spacial score (nSPS) is 13.5. The Balaban J connectivity index is 0.000000118. The molecule has 0 unspecified atom stereocenters. The van der Waals surface area contributed by atoms with E-state index in [2.05, 4.69) is 389 Å². The number of fused-ring (bicyclic) bond motifs is 34. The van der Waals surface area contributed by atoms with Gasteiger partial charge in [0.1, 0.15) is 67.0 Å². The van der Waals surface area contributed by atoms with E-state index in [-0.39, 0.29) is 0 Å². The fourth-order valence-electron chi connectivity index (χ4n) is 21.3. The maximum atomic E-state index is 7.04. The highest BCUT2D eigenvalue weighted by molar-refractivity contribution is 9.10. The van der Waals surface area contributed by atoms with E-state index in [1.165, 1.54) is 64.6 Å². The van der Waals surface area contributed by atoms with Gasteiger partial charge in [-0.15, -0.1) is 0 Å². The first-order chi connectivity index (χ1) is 64.8. The minimum atomic E-state index is -0.583. The molecule has 0 atom stereocenters. The molecule has 0 radical (unpaired) electrons. The van der Waals surface area contributed by atoms with Gasteiger partial charge in [-0.25, -0.2) is 0 Å². The number of furan rings is 6. The SMILES string of the molecule is Brc1cccc2oc3ccccc3c12.CC1(C)OB(c2cc(-c3cc4ccccc4c4c3oc3ccc5ccccc5c34)cc(-c3cc4ccccc4c4c3oc3ccc5ccccc5c34)c2)OC1(C)C.c1ccc2c(c1)ccc1oc3c(-c4cc(-c5cc6ccccc6c6c5oc5ccc7ccccc7c56)cc(-c5cccc6oc7ccccc7c56)c4)cc4ccccc4c3c12. The Morgan fingerprint density at radius 2 is 0.439 bits per heavy atom. The molecule has 6 aromatic heterocycles. The number of halogens is 1. The zero-order chi connectivity index (χ0) is 87.5. The first-order valence-electron chi connectivity index (χ1n) is 45.0. The van der Waals surface area contributed by atoms with Crippen molar-refractivity contribution < 1.29 is 35.8 Å². The van der Waals surface area contributed by atoms with Crippen LogP contribution in [-0.2, 0) is 9.31 Å². The summed E-state index contributed by atoms with van der Waals surface area (Å²) in [5, 5.41) is 32.3. The zero-order valence-electron chi connectivity index (χ0n) is 72.2. The van der Waals surface area contributed by atoms with Crippen molar-refractivity contribution >= 4 is 246 Å². The molecule has 1 fully saturated rings. The van der Waals surface area contributed by atoms with Crippen LogP contribution in [0.5, 0.6) is 0 Å². The van der Waals surface area contributed by atoms with Gasteiger partial charge in [0.05, 0.1) is 11.2 Å². The minimum absolute atomic E-state index is 0.514. The van der Waals surface area contributed by atoms with Crippen LogP contribution in [-0.4, -0.2) is 18.3 Å². The van der Waals surface area contributed by atoms with Gasteiger partial charge < -0.3 is 35.8 Å². The standard InChI is InChI=1S/C58H32O3.C52H37BO4.C12H7BrO/c1-5-16-40-33(12-1)24-26-50-53(40)55-42-18-7-3-14-35(42)31-46(57(55)60-50)38-28-37(44-21-11-23-49-52(44)45-20-9-10-22-48(45)59-49)29-39(30-38)47-32-36-15-4-8-19-43(36)56-54-41-17-6-2-13-34(41)25-27-51(54)61-58(47)56;1-51(2)52(3,4)57-53(56-51)36-26-34(41-28-32-15-7-11-19-39(32)47-45-37-17-9-5-13-30(37)21-23-43(45)54-49(41)47)25-35(27-36)42-29-33-16-8-12-20-40(33)48-46-38-18-10-6-14-31(38)22-24-44(46)55-50(42)48;13-9-5-3-7-11-12(9)8-4-1-2-6-10(8)14-11/h1-32H;5-29H,1-4H3;1-7H. The molecule has 0 spiro atoms. The number of hydrogen-bond acceptors (Lipinski definition) is 8. The van der Waals surface area contributed by atoms with Crippen LogP contribution >= 0.6 is 15.9 Å². The van der Waals surface area contributed by atoms with Crippen molar-refractivity contribution in [3.63, 3.8) is 0 Å². The Morgan fingerprint density at radius 1 is 0.189 bits per heavy atom. The molecular formula is C122H76BBrO8. The summed E-state index contributed by atoms with van der Waals surface area (Å²) in [5.41, 5.74) is 20.9. The third kappa shape index (κ3) is 11.7. The van der Waals surface area contributed by atoms with E-state index in [0.29, 0.717) is 0 Å². The second kappa shape index (κ2) is 29.1. The molecule has 0 amide bonds. The van der Waals surface area contributed by atoms with E-state index in [1.807, 2.05) is 42.5 Å². The maximum absolute atomic E-state index is 7.04. The Labute approximate surface area is 763 Å². The molecule has 22 aromatic carbocycles. The summed E-state index contributed by atoms with van der Waals surface area (Å²) in [5.74, 6) is 0. The highest BCUT2D eigenvalue weighted by Crippen LogP contribution is 2.53. The van der Waals surface area contributed by atoms with Gasteiger partial charge in [0, 0.05) is 91.4 Å². The fraction of sp³-hybridized carbons (Fsp3) is 0.0492. The largest absolute Gasteiger partial charge is 0.494 e. The van der Waals surface area contributed by atoms with Crippen molar-refractivity contribution in [1.29, 1.82) is 0 Å². The summed E-state index contributed by atoms with van der Waals surface area (Å²) in [6, 6.07) is 138. The quantitative estimate of drug-likeness (QED) is 0.152. The maximum Gasteiger partial charge on any atom is 0.494 e. The number of hydrogen-bond donors (Lipinski definition) is 0. The zero-order valence-corrected chi connectivity index (χ0v) is 73.8. The predicted molar refractivity (Wildman–Crippen MR) is 554 cm³/mol. The highest BCUT2D eigenvalue weighted by atomic mass is 79.9. The third-order valence-electron chi connectivity index (χ3n) is 28.1. The Hall–Kier alpha value is -15.8. The van der Waals surface area contributed by atoms with E-state index < -0.39 is 18.3 Å². The van der Waals surface area contributed by atoms with Gasteiger partial charge in [0.25, 0.3) is 0 Å². The van der Waals surface area contributed by atoms with E-state index in [0.717, 1.165) is 219 Å². The average Bonchev–Trinajstić information content (AvgIpc) is 1.56. The molecule has 10 heteroatoms. The summed E-state index contributed by atoms with van der Waals surface area (Å²) in [6.45, 7) is 8.42. The first-order valence-corrected chi connectivity index (χ1v) is 45.8. The lowest BCUT2D eigenvalue weighted by molar-refractivity contribution is 0.00578. The Kier molecular flexibility index (Phi) is 16.8. The molecule has 622 valence electrons. The lowest BCUT2D eigenvalue weighted by atomic mass is 9.76. The van der Waals surface area contributed by atoms with Gasteiger partial charge in [0.2, 0.25) is 0 Å². The second-order valence-electron chi connectivity index (χ2n) is 36.2. The summed E-state index contributed by atoms with van der Waals surface area (Å²) >= 11 is 3.54. The van der Waals surface area contributed by atoms with Gasteiger partial charge >= 0.3 is 7.12 Å². The van der Waals surface area contributed by atoms with Crippen LogP contribution in [0.15, 0.2) is 419 Å². The second-order valence-corrected chi connectivity index (χ2v) is 37.0. The molecule has 0 saturated carbocycles. The van der Waals surface area contributed by atoms with Crippen LogP contribution in [0.4, 0.5) is 0 Å². The molecule has 29 rings (SSSR count). The average molecular weight is 1760 g/mol. The van der Waals surface area contributed by atoms with Crippen molar-refractivity contribution in [2.75, 3.05) is 0 Å². The van der Waals surface area contributed by atoms with Crippen LogP contribution in [0.1, 0.15) is 27.7 Å². The number of rotatable bonds is 6. The van der Waals surface area contributed by atoms with Crippen LogP contribution in [0.3, 0.4) is 0 Å². The van der Waals surface area contributed by atoms with Crippen LogP contribution in [0.25, 0.3) is 273 Å². The molecule has 1 aliphatic heterocycles. The van der Waals surface area contributed by atoms with E-state index in [4.69, 9.17) is 35.8 Å². The first kappa shape index (κ1) is 76.2. The summed E-state index contributed by atoms with van der Waals surface area (Å²) < 4.78 is 54.8. The van der Waals surface area contributed by atoms with Crippen molar-refractivity contribution in [3.05, 3.63) is 393 Å². The van der Waals surface area contributed by atoms with Gasteiger partial charge in [-0.3, -0.25) is 0 Å². The Morgan fingerprint density at radius 3 is 0.780 bits per heavy atom. The van der Waals surface area contributed by atoms with Crippen molar-refractivity contribution in [1.82, 2.24) is 0 Å². The van der Waals surface area contributed by atoms with Crippen molar-refractivity contribution in [2.24, 2.45) is 0 Å². The number of para-hydroxylation sites is 2. The summed E-state index contributed by atoms with van der Waals surface area (Å²) in [6.07, 6.45) is 0. The highest BCUT2D eigenvalue weighted by Gasteiger charge is 2.52. The summed E-state index contributed by atoms with van der Waals surface area (Å²) in [4.78, 5) is 0. The molecule has 28 aromatic rings. The molecule has 1 saturated heterocycles.